The van der Waals surface area contributed by atoms with E-state index < -0.39 is 43.4 Å². The van der Waals surface area contributed by atoms with Gasteiger partial charge in [-0.2, -0.15) is 0 Å². The monoisotopic (exact) mass is 1270 g/mol. The van der Waals surface area contributed by atoms with Gasteiger partial charge < -0.3 is 29.7 Å². The Morgan fingerprint density at radius 1 is 0.901 bits per heavy atom. The highest BCUT2D eigenvalue weighted by atomic mass is 35.5. The minimum atomic E-state index is -4.66. The Morgan fingerprint density at radius 3 is 2.48 bits per heavy atom. The number of rotatable bonds is 22. The number of anilines is 2. The van der Waals surface area contributed by atoms with E-state index in [0.717, 1.165) is 119 Å². The van der Waals surface area contributed by atoms with E-state index in [-0.39, 0.29) is 59.0 Å². The van der Waals surface area contributed by atoms with E-state index in [1.807, 2.05) is 29.2 Å². The fourth-order valence-electron chi connectivity index (χ4n) is 13.1. The molecule has 22 heteroatoms. The van der Waals surface area contributed by atoms with Gasteiger partial charge in [-0.15, -0.1) is 0 Å². The molecule has 5 amide bonds. The molecule has 4 N–H and O–H groups in total. The number of piperidine rings is 2. The first-order chi connectivity index (χ1) is 43.8. The number of hydrogen-bond acceptors (Lipinski definition) is 14. The normalized spacial score (nSPS) is 18.6. The molecular formula is C69H77ClN10O10S. The number of carbonyl (C=O) groups is 5. The Bertz CT molecular complexity index is 3980. The number of nitro groups is 1. The van der Waals surface area contributed by atoms with Crippen LogP contribution in [0.15, 0.2) is 114 Å². The predicted molar refractivity (Wildman–Crippen MR) is 349 cm³/mol. The molecule has 2 unspecified atom stereocenters. The Morgan fingerprint density at radius 2 is 1.69 bits per heavy atom. The summed E-state index contributed by atoms with van der Waals surface area (Å²) >= 11 is 6.28. The summed E-state index contributed by atoms with van der Waals surface area (Å²) in [5, 5.41) is 19.5. The molecule has 6 heterocycles. The lowest BCUT2D eigenvalue weighted by atomic mass is 9.72. The van der Waals surface area contributed by atoms with E-state index >= 15 is 0 Å². The van der Waals surface area contributed by atoms with Crippen LogP contribution in [0, 0.1) is 33.3 Å². The van der Waals surface area contributed by atoms with E-state index in [2.05, 4.69) is 72.9 Å². The van der Waals surface area contributed by atoms with Crippen molar-refractivity contribution in [3.63, 3.8) is 0 Å². The van der Waals surface area contributed by atoms with Crippen LogP contribution in [0.1, 0.15) is 148 Å². The molecule has 3 fully saturated rings. The average molecular weight is 1270 g/mol. The summed E-state index contributed by atoms with van der Waals surface area (Å²) in [5.74, 6) is 5.02. The number of halogens is 1. The molecule has 20 nitrogen and oxygen atoms in total. The third kappa shape index (κ3) is 15.6. The van der Waals surface area contributed by atoms with Gasteiger partial charge in [-0.05, 0) is 140 Å². The molecule has 4 aromatic carbocycles. The fraction of sp³-hybridized carbons (Fsp3) is 0.420. The molecule has 0 saturated carbocycles. The molecule has 0 spiro atoms. The van der Waals surface area contributed by atoms with Gasteiger partial charge in [-0.1, -0.05) is 86.7 Å². The third-order valence-corrected chi connectivity index (χ3v) is 19.8. The van der Waals surface area contributed by atoms with Gasteiger partial charge in [-0.3, -0.25) is 44.3 Å². The molecule has 6 aromatic rings. The molecule has 91 heavy (non-hydrogen) atoms. The first-order valence-electron chi connectivity index (χ1n) is 31.7. The highest BCUT2D eigenvalue weighted by molar-refractivity contribution is 7.90. The van der Waals surface area contributed by atoms with E-state index in [0.29, 0.717) is 74.0 Å². The maximum Gasteiger partial charge on any atom is 0.293 e. The molecule has 0 bridgehead atoms. The Labute approximate surface area is 535 Å². The number of fused-ring (bicyclic) bond motifs is 2. The number of H-pyrrole nitrogens is 1. The van der Waals surface area contributed by atoms with Crippen molar-refractivity contribution in [2.45, 2.75) is 128 Å². The zero-order chi connectivity index (χ0) is 63.8. The lowest BCUT2D eigenvalue weighted by Gasteiger charge is -2.39. The van der Waals surface area contributed by atoms with Crippen LogP contribution in [0.3, 0.4) is 0 Å². The van der Waals surface area contributed by atoms with Crippen molar-refractivity contribution in [1.82, 2.24) is 34.7 Å². The molecule has 11 rings (SSSR count). The number of imide groups is 1. The number of amides is 5. The Balaban J connectivity index is 0.649. The number of allylic oxidation sites excluding steroid dienone is 1. The van der Waals surface area contributed by atoms with Crippen molar-refractivity contribution in [3.8, 4) is 23.3 Å². The van der Waals surface area contributed by atoms with Crippen LogP contribution in [0.5, 0.6) is 11.5 Å². The Kier molecular flexibility index (Phi) is 19.9. The molecular weight excluding hydrogens is 1200 g/mol. The summed E-state index contributed by atoms with van der Waals surface area (Å²) < 4.78 is 36.6. The van der Waals surface area contributed by atoms with E-state index in [4.69, 9.17) is 16.3 Å². The summed E-state index contributed by atoms with van der Waals surface area (Å²) in [6.07, 6.45) is 15.2. The first kappa shape index (κ1) is 64.0. The molecule has 0 radical (unpaired) electrons. The van der Waals surface area contributed by atoms with Crippen molar-refractivity contribution in [1.29, 1.82) is 0 Å². The molecule has 2 aromatic heterocycles. The number of likely N-dealkylation sites (tertiary alicyclic amines) is 1. The second-order valence-corrected chi connectivity index (χ2v) is 27.4. The molecule has 4 aliphatic heterocycles. The highest BCUT2D eigenvalue weighted by Crippen LogP contribution is 2.44. The number of piperazine rings is 1. The number of nitrogens with one attached hydrogen (secondary N) is 4. The second-order valence-electron chi connectivity index (χ2n) is 25.3. The molecule has 3 saturated heterocycles. The van der Waals surface area contributed by atoms with Gasteiger partial charge in [0.2, 0.25) is 17.7 Å². The lowest BCUT2D eigenvalue weighted by Crippen LogP contribution is -2.52. The maximum absolute atomic E-state index is 14.2. The van der Waals surface area contributed by atoms with Crippen LogP contribution in [-0.4, -0.2) is 126 Å². The lowest BCUT2D eigenvalue weighted by molar-refractivity contribution is -0.384. The minimum absolute atomic E-state index is 0.000943. The van der Waals surface area contributed by atoms with Gasteiger partial charge in [0, 0.05) is 124 Å². The largest absolute Gasteiger partial charge is 0.455 e. The zero-order valence-electron chi connectivity index (χ0n) is 51.5. The van der Waals surface area contributed by atoms with Crippen molar-refractivity contribution in [2.24, 2.45) is 11.3 Å². The van der Waals surface area contributed by atoms with Crippen LogP contribution in [0.2, 0.25) is 5.02 Å². The fourth-order valence-corrected chi connectivity index (χ4v) is 14.2. The number of unbranched alkanes of at least 4 members (excludes halogenated alkanes) is 6. The number of hydrogen-bond donors (Lipinski definition) is 4. The number of pyridine rings is 1. The van der Waals surface area contributed by atoms with E-state index in [9.17, 15) is 42.5 Å². The van der Waals surface area contributed by atoms with Crippen LogP contribution in [0.25, 0.3) is 16.6 Å². The number of benzene rings is 4. The summed E-state index contributed by atoms with van der Waals surface area (Å²) in [6.45, 7) is 10.2. The highest BCUT2D eigenvalue weighted by Gasteiger charge is 2.40. The summed E-state index contributed by atoms with van der Waals surface area (Å²) in [5.41, 5.74) is 7.38. The van der Waals surface area contributed by atoms with Crippen molar-refractivity contribution in [3.05, 3.63) is 152 Å². The van der Waals surface area contributed by atoms with Gasteiger partial charge in [-0.25, -0.2) is 18.1 Å². The number of nitrogens with zero attached hydrogens (tertiary/aromatic N) is 6. The van der Waals surface area contributed by atoms with Crippen LogP contribution in [0.4, 0.5) is 17.1 Å². The zero-order valence-corrected chi connectivity index (χ0v) is 53.1. The van der Waals surface area contributed by atoms with Crippen molar-refractivity contribution < 1.29 is 42.1 Å². The number of ether oxygens (including phenoxy) is 1. The first-order valence-corrected chi connectivity index (χ1v) is 33.5. The van der Waals surface area contributed by atoms with Gasteiger partial charge in [0.15, 0.2) is 0 Å². The van der Waals surface area contributed by atoms with Crippen molar-refractivity contribution in [2.75, 3.05) is 62.6 Å². The number of carbonyl (C=O) groups excluding carboxylic acids is 5. The minimum Gasteiger partial charge on any atom is -0.455 e. The summed E-state index contributed by atoms with van der Waals surface area (Å²) in [6, 6.07) is 25.1. The van der Waals surface area contributed by atoms with Gasteiger partial charge >= 0.3 is 0 Å². The SMILES string of the molecule is CC1(C)CCC(CN2CCN(c3ccc(C(=O)NS(=O)(=O)c4ccc(NCC5CCCN(C(=O)CCCCCCCCC#Cc6cccc7c6CN(C6CCC(=O)NC6=O)C7=O)C5)c([N+](=O)[O-])c4)c(Oc4cnc5[nH]ccc5c4)c3)CC2)=C(c2ccc(Cl)cc2)C1. The predicted octanol–water partition coefficient (Wildman–Crippen LogP) is 11.4. The topological polar surface area (TPSA) is 250 Å². The average Bonchev–Trinajstić information content (AvgIpc) is 1.90. The number of nitro benzene ring substituents is 1. The van der Waals surface area contributed by atoms with E-state index in [1.165, 1.54) is 46.0 Å². The molecule has 1 aliphatic carbocycles. The summed E-state index contributed by atoms with van der Waals surface area (Å²) in [7, 11) is -4.66. The quantitative estimate of drug-likeness (QED) is 0.0162. The van der Waals surface area contributed by atoms with Gasteiger partial charge in [0.1, 0.15) is 28.9 Å². The molecule has 5 aliphatic rings. The van der Waals surface area contributed by atoms with Crippen LogP contribution < -0.4 is 25.0 Å². The summed E-state index contributed by atoms with van der Waals surface area (Å²) in [4.78, 5) is 91.9. The third-order valence-electron chi connectivity index (χ3n) is 18.2. The van der Waals surface area contributed by atoms with Gasteiger partial charge in [0.25, 0.3) is 27.5 Å². The molecule has 476 valence electrons. The number of aromatic amines is 1. The second kappa shape index (κ2) is 28.3. The Hall–Kier alpha value is -8.58. The van der Waals surface area contributed by atoms with E-state index in [1.54, 1.807) is 36.5 Å². The maximum atomic E-state index is 14.2. The van der Waals surface area contributed by atoms with Crippen molar-refractivity contribution >= 4 is 84.8 Å². The van der Waals surface area contributed by atoms with Crippen LogP contribution in [-0.2, 0) is 31.0 Å². The smallest absolute Gasteiger partial charge is 0.293 e. The standard InChI is InChI=1S/C69H77ClN10O10S/c1-69(2)30-28-50(57(40-69)48-18-20-51(70)21-19-48)44-76-33-35-77(36-34-76)52-22-24-56(62(38-52)90-53-37-49-29-31-71-65(49)73-42-53)66(83)75-91(88,89)54-23-25-59(61(39-54)80(86)87)72-41-46-13-12-32-78(43-46)64(82)17-10-8-6-4-3-5-7-9-14-47-15-11-16-55-58(47)45-79(68(55)85)60-26-27-63(81)74-67(60)84/h11,15-16,18-25,29,31,37-39,42,46,60,72H,3-8,10,12-13,17,26-28,30,32-36,40-41,43-45H2,1-2H3,(H,71,73)(H,75,83)(H,74,81,84). The van der Waals surface area contributed by atoms with Gasteiger partial charge in [0.05, 0.1) is 21.6 Å². The number of sulfonamides is 1. The molecule has 2 atom stereocenters. The van der Waals surface area contributed by atoms with Crippen LogP contribution >= 0.6 is 11.6 Å². The number of aromatic nitrogens is 2.